The number of hydrogen-bond donors (Lipinski definition) is 2. The minimum Gasteiger partial charge on any atom is -0.358 e. The number of rotatable bonds is 4. The van der Waals surface area contributed by atoms with Crippen molar-refractivity contribution in [3.8, 4) is 0 Å². The maximum Gasteiger partial charge on any atom is 0.330 e. The molecule has 100 valence electrons. The van der Waals surface area contributed by atoms with Crippen LogP contribution >= 0.6 is 0 Å². The fraction of sp³-hybridized carbons (Fsp3) is 0.545. The van der Waals surface area contributed by atoms with E-state index in [1.807, 2.05) is 0 Å². The summed E-state index contributed by atoms with van der Waals surface area (Å²) in [6.07, 6.45) is 1.48. The van der Waals surface area contributed by atoms with E-state index < -0.39 is 6.04 Å². The first-order valence-corrected chi connectivity index (χ1v) is 5.59. The lowest BCUT2D eigenvalue weighted by molar-refractivity contribution is -0.122. The Labute approximate surface area is 104 Å². The Balaban J connectivity index is 2.90. The maximum absolute atomic E-state index is 11.8. The van der Waals surface area contributed by atoms with E-state index in [4.69, 9.17) is 0 Å². The molecule has 0 radical (unpaired) electrons. The SMILES string of the molecule is CNC(=O)C(C)NCc1cn(C)c(=O)n(C)c1=O. The Hall–Kier alpha value is -1.89. The van der Waals surface area contributed by atoms with Crippen molar-refractivity contribution in [2.24, 2.45) is 14.1 Å². The second-order valence-corrected chi connectivity index (χ2v) is 4.13. The molecule has 2 N–H and O–H groups in total. The summed E-state index contributed by atoms with van der Waals surface area (Å²) in [5, 5.41) is 5.43. The summed E-state index contributed by atoms with van der Waals surface area (Å²) in [4.78, 5) is 34.6. The van der Waals surface area contributed by atoms with Gasteiger partial charge in [0.05, 0.1) is 6.04 Å². The minimum absolute atomic E-state index is 0.156. The molecule has 7 nitrogen and oxygen atoms in total. The quantitative estimate of drug-likeness (QED) is 0.671. The van der Waals surface area contributed by atoms with Gasteiger partial charge in [0.25, 0.3) is 5.56 Å². The summed E-state index contributed by atoms with van der Waals surface area (Å²) in [7, 11) is 4.55. The van der Waals surface area contributed by atoms with Crippen LogP contribution in [-0.2, 0) is 25.4 Å². The van der Waals surface area contributed by atoms with Gasteiger partial charge in [0.2, 0.25) is 5.91 Å². The van der Waals surface area contributed by atoms with Crippen LogP contribution in [0.3, 0.4) is 0 Å². The molecule has 0 aliphatic carbocycles. The molecule has 0 spiro atoms. The van der Waals surface area contributed by atoms with E-state index in [1.165, 1.54) is 17.8 Å². The van der Waals surface area contributed by atoms with Crippen molar-refractivity contribution in [1.29, 1.82) is 0 Å². The Kier molecular flexibility index (Phi) is 4.43. The van der Waals surface area contributed by atoms with Crippen LogP contribution in [0.2, 0.25) is 0 Å². The van der Waals surface area contributed by atoms with Gasteiger partial charge in [-0.05, 0) is 6.92 Å². The average Bonchev–Trinajstić information content (AvgIpc) is 2.37. The van der Waals surface area contributed by atoms with Gasteiger partial charge in [-0.15, -0.1) is 0 Å². The second kappa shape index (κ2) is 5.63. The van der Waals surface area contributed by atoms with Crippen LogP contribution in [0.4, 0.5) is 0 Å². The van der Waals surface area contributed by atoms with E-state index in [9.17, 15) is 14.4 Å². The molecule has 0 bridgehead atoms. The van der Waals surface area contributed by atoms with Gasteiger partial charge in [0.15, 0.2) is 0 Å². The lowest BCUT2D eigenvalue weighted by Gasteiger charge is -2.12. The van der Waals surface area contributed by atoms with Crippen molar-refractivity contribution in [1.82, 2.24) is 19.8 Å². The molecule has 1 heterocycles. The lowest BCUT2D eigenvalue weighted by atomic mass is 10.2. The molecule has 0 aliphatic heterocycles. The summed E-state index contributed by atoms with van der Waals surface area (Å²) in [5.74, 6) is -0.156. The molecule has 1 unspecified atom stereocenters. The zero-order valence-corrected chi connectivity index (χ0v) is 11.0. The number of carbonyl (C=O) groups is 1. The van der Waals surface area contributed by atoms with Gasteiger partial charge in [-0.3, -0.25) is 14.2 Å². The Morgan fingerprint density at radius 2 is 2.00 bits per heavy atom. The molecule has 7 heteroatoms. The van der Waals surface area contributed by atoms with Gasteiger partial charge in [0, 0.05) is 39.4 Å². The highest BCUT2D eigenvalue weighted by atomic mass is 16.2. The van der Waals surface area contributed by atoms with Crippen molar-refractivity contribution in [3.05, 3.63) is 32.6 Å². The minimum atomic E-state index is -0.406. The topological polar surface area (TPSA) is 85.1 Å². The molecule has 1 rings (SSSR count). The molecule has 0 saturated heterocycles. The maximum atomic E-state index is 11.8. The number of nitrogens with one attached hydrogen (secondary N) is 2. The first-order valence-electron chi connectivity index (χ1n) is 5.59. The molecule has 1 amide bonds. The number of amides is 1. The Morgan fingerprint density at radius 3 is 2.56 bits per heavy atom. The van der Waals surface area contributed by atoms with E-state index in [0.29, 0.717) is 5.56 Å². The highest BCUT2D eigenvalue weighted by Gasteiger charge is 2.12. The first-order chi connectivity index (χ1) is 8.38. The smallest absolute Gasteiger partial charge is 0.330 e. The van der Waals surface area contributed by atoms with E-state index >= 15 is 0 Å². The summed E-state index contributed by atoms with van der Waals surface area (Å²) < 4.78 is 2.38. The van der Waals surface area contributed by atoms with E-state index in [1.54, 1.807) is 21.0 Å². The highest BCUT2D eigenvalue weighted by Crippen LogP contribution is 1.90. The summed E-state index contributed by atoms with van der Waals surface area (Å²) >= 11 is 0. The normalized spacial score (nSPS) is 12.2. The molecule has 0 saturated carbocycles. The van der Waals surface area contributed by atoms with Crippen molar-refractivity contribution >= 4 is 5.91 Å². The van der Waals surface area contributed by atoms with Crippen molar-refractivity contribution in [2.75, 3.05) is 7.05 Å². The Bertz CT molecular complexity index is 558. The average molecular weight is 254 g/mol. The van der Waals surface area contributed by atoms with Gasteiger partial charge in [0.1, 0.15) is 0 Å². The van der Waals surface area contributed by atoms with Gasteiger partial charge in [-0.25, -0.2) is 4.79 Å². The third-order valence-electron chi connectivity index (χ3n) is 2.76. The number of nitrogens with zero attached hydrogens (tertiary/aromatic N) is 2. The largest absolute Gasteiger partial charge is 0.358 e. The molecule has 1 aromatic rings. The summed E-state index contributed by atoms with van der Waals surface area (Å²) in [6.45, 7) is 1.93. The number of aryl methyl sites for hydroxylation is 1. The number of aromatic nitrogens is 2. The molecule has 1 aromatic heterocycles. The van der Waals surface area contributed by atoms with Crippen LogP contribution in [-0.4, -0.2) is 28.1 Å². The third kappa shape index (κ3) is 2.86. The van der Waals surface area contributed by atoms with Gasteiger partial charge < -0.3 is 15.2 Å². The Morgan fingerprint density at radius 1 is 1.39 bits per heavy atom. The van der Waals surface area contributed by atoms with Crippen molar-refractivity contribution in [2.45, 2.75) is 19.5 Å². The zero-order valence-electron chi connectivity index (χ0n) is 11.0. The molecule has 0 aromatic carbocycles. The standard InChI is InChI=1S/C11H18N4O3/c1-7(9(16)12-2)13-5-8-6-14(3)11(18)15(4)10(8)17/h6-7,13H,5H2,1-4H3,(H,12,16). The molecule has 0 fully saturated rings. The van der Waals surface area contributed by atoms with E-state index in [-0.39, 0.29) is 23.7 Å². The molecule has 0 aliphatic rings. The number of hydrogen-bond acceptors (Lipinski definition) is 4. The van der Waals surface area contributed by atoms with Crippen LogP contribution in [0.25, 0.3) is 0 Å². The van der Waals surface area contributed by atoms with Crippen LogP contribution in [0.15, 0.2) is 15.8 Å². The van der Waals surface area contributed by atoms with Gasteiger partial charge >= 0.3 is 5.69 Å². The van der Waals surface area contributed by atoms with Crippen LogP contribution < -0.4 is 21.9 Å². The molecule has 1 atom stereocenters. The summed E-state index contributed by atoms with van der Waals surface area (Å²) in [6, 6.07) is -0.406. The first kappa shape index (κ1) is 14.2. The number of likely N-dealkylation sites (N-methyl/N-ethyl adjacent to an activating group) is 1. The second-order valence-electron chi connectivity index (χ2n) is 4.13. The monoisotopic (exact) mass is 254 g/mol. The van der Waals surface area contributed by atoms with Gasteiger partial charge in [-0.1, -0.05) is 0 Å². The van der Waals surface area contributed by atoms with Crippen molar-refractivity contribution < 1.29 is 4.79 Å². The highest BCUT2D eigenvalue weighted by molar-refractivity contribution is 5.80. The predicted molar refractivity (Wildman–Crippen MR) is 67.3 cm³/mol. The van der Waals surface area contributed by atoms with Crippen LogP contribution in [0.1, 0.15) is 12.5 Å². The van der Waals surface area contributed by atoms with Gasteiger partial charge in [-0.2, -0.15) is 0 Å². The fourth-order valence-corrected chi connectivity index (χ4v) is 1.58. The lowest BCUT2D eigenvalue weighted by Crippen LogP contribution is -2.43. The molecule has 18 heavy (non-hydrogen) atoms. The fourth-order valence-electron chi connectivity index (χ4n) is 1.58. The number of carbonyl (C=O) groups excluding carboxylic acids is 1. The van der Waals surface area contributed by atoms with E-state index in [2.05, 4.69) is 10.6 Å². The van der Waals surface area contributed by atoms with Crippen LogP contribution in [0.5, 0.6) is 0 Å². The molecular formula is C11H18N4O3. The van der Waals surface area contributed by atoms with Crippen LogP contribution in [0, 0.1) is 0 Å². The zero-order chi connectivity index (χ0) is 13.9. The summed E-state index contributed by atoms with van der Waals surface area (Å²) in [5.41, 5.74) is -0.284. The predicted octanol–water partition coefficient (Wildman–Crippen LogP) is -1.69. The third-order valence-corrected chi connectivity index (χ3v) is 2.76. The van der Waals surface area contributed by atoms with Crippen molar-refractivity contribution in [3.63, 3.8) is 0 Å². The molecular weight excluding hydrogens is 236 g/mol. The van der Waals surface area contributed by atoms with E-state index in [0.717, 1.165) is 4.57 Å².